The summed E-state index contributed by atoms with van der Waals surface area (Å²) < 4.78 is 5.38. The molecule has 2 aliphatic heterocycles. The lowest BCUT2D eigenvalue weighted by atomic mass is 9.99. The Kier molecular flexibility index (Phi) is 4.24. The monoisotopic (exact) mass is 294 g/mol. The van der Waals surface area contributed by atoms with E-state index in [4.69, 9.17) is 16.3 Å². The minimum atomic E-state index is -0.0254. The van der Waals surface area contributed by atoms with Crippen LogP contribution in [0.1, 0.15) is 24.6 Å². The van der Waals surface area contributed by atoms with Gasteiger partial charge in [0.15, 0.2) is 0 Å². The van der Waals surface area contributed by atoms with Gasteiger partial charge < -0.3 is 9.64 Å². The van der Waals surface area contributed by atoms with Gasteiger partial charge in [-0.05, 0) is 36.5 Å². The van der Waals surface area contributed by atoms with Gasteiger partial charge in [0, 0.05) is 24.8 Å². The first kappa shape index (κ1) is 13.9. The topological polar surface area (TPSA) is 41.6 Å². The number of carbonyl (C=O) groups is 1. The third-order valence-corrected chi connectivity index (χ3v) is 4.31. The highest BCUT2D eigenvalue weighted by atomic mass is 35.5. The molecule has 0 aromatic heterocycles. The molecule has 20 heavy (non-hydrogen) atoms. The van der Waals surface area contributed by atoms with Crippen molar-refractivity contribution in [1.29, 1.82) is 0 Å². The fraction of sp³-hybridized carbons (Fsp3) is 0.533. The Labute approximate surface area is 124 Å². The second-order valence-corrected chi connectivity index (χ2v) is 5.87. The summed E-state index contributed by atoms with van der Waals surface area (Å²) in [5.74, 6) is 0.721. The zero-order valence-corrected chi connectivity index (χ0v) is 12.1. The molecule has 3 rings (SSSR count). The van der Waals surface area contributed by atoms with Crippen LogP contribution in [0.25, 0.3) is 0 Å². The molecule has 1 aromatic carbocycles. The average molecular weight is 295 g/mol. The quantitative estimate of drug-likeness (QED) is 0.929. The van der Waals surface area contributed by atoms with Gasteiger partial charge in [0.2, 0.25) is 5.91 Å². The molecule has 2 fully saturated rings. The molecule has 0 radical (unpaired) electrons. The molecular weight excluding hydrogens is 276 g/mol. The Morgan fingerprint density at radius 1 is 1.25 bits per heavy atom. The fourth-order valence-electron chi connectivity index (χ4n) is 2.90. The highest BCUT2D eigenvalue weighted by molar-refractivity contribution is 6.30. The summed E-state index contributed by atoms with van der Waals surface area (Å²) in [5.41, 5.74) is 1.09. The summed E-state index contributed by atoms with van der Waals surface area (Å²) in [4.78, 5) is 14.1. The Balaban J connectivity index is 1.72. The van der Waals surface area contributed by atoms with Crippen molar-refractivity contribution < 1.29 is 9.53 Å². The summed E-state index contributed by atoms with van der Waals surface area (Å²) in [7, 11) is 0. The number of benzene rings is 1. The molecule has 1 amide bonds. The maximum absolute atomic E-state index is 12.1. The summed E-state index contributed by atoms with van der Waals surface area (Å²) in [6.07, 6.45) is 2.05. The number of carbonyl (C=O) groups excluding carboxylic acids is 1. The Morgan fingerprint density at radius 2 is 1.95 bits per heavy atom. The summed E-state index contributed by atoms with van der Waals surface area (Å²) in [6, 6.07) is 7.70. The summed E-state index contributed by atoms with van der Waals surface area (Å²) >= 11 is 5.92. The molecule has 0 spiro atoms. The van der Waals surface area contributed by atoms with Gasteiger partial charge in [-0.25, -0.2) is 0 Å². The molecular formula is C15H19ClN2O2. The van der Waals surface area contributed by atoms with Crippen LogP contribution < -0.4 is 5.32 Å². The maximum Gasteiger partial charge on any atom is 0.238 e. The molecule has 1 aromatic rings. The highest BCUT2D eigenvalue weighted by Gasteiger charge is 2.33. The molecule has 0 saturated carbocycles. The van der Waals surface area contributed by atoms with E-state index in [1.165, 1.54) is 0 Å². The first-order valence-corrected chi connectivity index (χ1v) is 7.48. The molecule has 5 heteroatoms. The fourth-order valence-corrected chi connectivity index (χ4v) is 3.02. The van der Waals surface area contributed by atoms with Crippen molar-refractivity contribution in [2.45, 2.75) is 19.0 Å². The third kappa shape index (κ3) is 2.97. The van der Waals surface area contributed by atoms with Crippen molar-refractivity contribution in [3.8, 4) is 0 Å². The smallest absolute Gasteiger partial charge is 0.238 e. The summed E-state index contributed by atoms with van der Waals surface area (Å²) in [6.45, 7) is 2.84. The standard InChI is InChI=1S/C15H19ClN2O2/c16-13-3-1-12(2-4-13)15-17-9-14(19)18(15)10-11-5-7-20-8-6-11/h1-4,11,15,17H,5-10H2. The molecule has 1 atom stereocenters. The van der Waals surface area contributed by atoms with Crippen LogP contribution in [0.3, 0.4) is 0 Å². The number of halogens is 1. The van der Waals surface area contributed by atoms with Crippen LogP contribution in [0.4, 0.5) is 0 Å². The van der Waals surface area contributed by atoms with E-state index in [1.807, 2.05) is 29.2 Å². The highest BCUT2D eigenvalue weighted by Crippen LogP contribution is 2.27. The van der Waals surface area contributed by atoms with Crippen molar-refractivity contribution in [3.05, 3.63) is 34.9 Å². The molecule has 2 aliphatic rings. The Bertz CT molecular complexity index is 471. The van der Waals surface area contributed by atoms with Gasteiger partial charge >= 0.3 is 0 Å². The lowest BCUT2D eigenvalue weighted by Crippen LogP contribution is -2.36. The van der Waals surface area contributed by atoms with E-state index in [0.29, 0.717) is 17.5 Å². The molecule has 0 aliphatic carbocycles. The largest absolute Gasteiger partial charge is 0.381 e. The van der Waals surface area contributed by atoms with Crippen LogP contribution in [0.2, 0.25) is 5.02 Å². The number of ether oxygens (including phenoxy) is 1. The minimum Gasteiger partial charge on any atom is -0.381 e. The normalized spacial score (nSPS) is 24.4. The van der Waals surface area contributed by atoms with Gasteiger partial charge in [-0.15, -0.1) is 0 Å². The van der Waals surface area contributed by atoms with Gasteiger partial charge in [-0.3, -0.25) is 10.1 Å². The van der Waals surface area contributed by atoms with Crippen LogP contribution in [-0.2, 0) is 9.53 Å². The number of rotatable bonds is 3. The zero-order chi connectivity index (χ0) is 13.9. The van der Waals surface area contributed by atoms with E-state index in [-0.39, 0.29) is 12.1 Å². The lowest BCUT2D eigenvalue weighted by molar-refractivity contribution is -0.129. The molecule has 1 unspecified atom stereocenters. The van der Waals surface area contributed by atoms with E-state index in [9.17, 15) is 4.79 Å². The van der Waals surface area contributed by atoms with Crippen LogP contribution in [0.15, 0.2) is 24.3 Å². The van der Waals surface area contributed by atoms with Crippen molar-refractivity contribution >= 4 is 17.5 Å². The van der Waals surface area contributed by atoms with Crippen LogP contribution in [0.5, 0.6) is 0 Å². The van der Waals surface area contributed by atoms with Crippen molar-refractivity contribution in [1.82, 2.24) is 10.2 Å². The van der Waals surface area contributed by atoms with Gasteiger partial charge in [0.25, 0.3) is 0 Å². The van der Waals surface area contributed by atoms with Gasteiger partial charge in [0.1, 0.15) is 6.17 Å². The number of nitrogens with one attached hydrogen (secondary N) is 1. The van der Waals surface area contributed by atoms with Crippen LogP contribution >= 0.6 is 11.6 Å². The third-order valence-electron chi connectivity index (χ3n) is 4.06. The molecule has 2 heterocycles. The van der Waals surface area contributed by atoms with E-state index >= 15 is 0 Å². The SMILES string of the molecule is O=C1CNC(c2ccc(Cl)cc2)N1CC1CCOCC1. The average Bonchev–Trinajstić information content (AvgIpc) is 2.83. The second-order valence-electron chi connectivity index (χ2n) is 5.44. The molecule has 4 nitrogen and oxygen atoms in total. The first-order valence-electron chi connectivity index (χ1n) is 7.10. The molecule has 108 valence electrons. The van der Waals surface area contributed by atoms with Gasteiger partial charge in [0.05, 0.1) is 6.54 Å². The van der Waals surface area contributed by atoms with Gasteiger partial charge in [-0.1, -0.05) is 23.7 Å². The lowest BCUT2D eigenvalue weighted by Gasteiger charge is -2.31. The van der Waals surface area contributed by atoms with E-state index < -0.39 is 0 Å². The molecule has 2 saturated heterocycles. The van der Waals surface area contributed by atoms with Gasteiger partial charge in [-0.2, -0.15) is 0 Å². The first-order chi connectivity index (χ1) is 9.74. The van der Waals surface area contributed by atoms with Crippen molar-refractivity contribution in [2.75, 3.05) is 26.3 Å². The van der Waals surface area contributed by atoms with Crippen molar-refractivity contribution in [3.63, 3.8) is 0 Å². The number of hydrogen-bond acceptors (Lipinski definition) is 3. The number of amides is 1. The summed E-state index contributed by atoms with van der Waals surface area (Å²) in [5, 5.41) is 4.00. The van der Waals surface area contributed by atoms with E-state index in [1.54, 1.807) is 0 Å². The van der Waals surface area contributed by atoms with Crippen LogP contribution in [0, 0.1) is 5.92 Å². The number of hydrogen-bond donors (Lipinski definition) is 1. The maximum atomic E-state index is 12.1. The predicted molar refractivity (Wildman–Crippen MR) is 77.5 cm³/mol. The minimum absolute atomic E-state index is 0.0254. The Hall–Kier alpha value is -1.10. The van der Waals surface area contributed by atoms with E-state index in [0.717, 1.165) is 38.2 Å². The predicted octanol–water partition coefficient (Wildman–Crippen LogP) is 2.20. The molecule has 1 N–H and O–H groups in total. The van der Waals surface area contributed by atoms with E-state index in [2.05, 4.69) is 5.32 Å². The second kappa shape index (κ2) is 6.12. The van der Waals surface area contributed by atoms with Crippen LogP contribution in [-0.4, -0.2) is 37.1 Å². The Morgan fingerprint density at radius 3 is 2.65 bits per heavy atom. The zero-order valence-electron chi connectivity index (χ0n) is 11.3. The number of nitrogens with zero attached hydrogens (tertiary/aromatic N) is 1. The molecule has 0 bridgehead atoms. The van der Waals surface area contributed by atoms with Crippen molar-refractivity contribution in [2.24, 2.45) is 5.92 Å².